The Kier molecular flexibility index (Phi) is 3.38. The van der Waals surface area contributed by atoms with Crippen LogP contribution < -0.4 is 5.73 Å². The molecule has 6 heteroatoms. The molecule has 2 rings (SSSR count). The summed E-state index contributed by atoms with van der Waals surface area (Å²) in [5.74, 6) is 0. The molecule has 0 fully saturated rings. The Morgan fingerprint density at radius 1 is 1.28 bits per heavy atom. The molecule has 2 aromatic rings. The van der Waals surface area contributed by atoms with Gasteiger partial charge in [0, 0.05) is 18.4 Å². The number of nitrogens with zero attached hydrogens (tertiary/aromatic N) is 2. The van der Waals surface area contributed by atoms with Crippen molar-refractivity contribution in [3.8, 4) is 0 Å². The highest BCUT2D eigenvalue weighted by molar-refractivity contribution is 5.27. The lowest BCUT2D eigenvalue weighted by molar-refractivity contribution is -0.137. The van der Waals surface area contributed by atoms with E-state index in [-0.39, 0.29) is 0 Å². The van der Waals surface area contributed by atoms with Crippen molar-refractivity contribution in [3.63, 3.8) is 0 Å². The minimum Gasteiger partial charge on any atom is -0.322 e. The molecular formula is C12H12F3N3. The van der Waals surface area contributed by atoms with Gasteiger partial charge in [-0.25, -0.2) is 0 Å². The molecule has 18 heavy (non-hydrogen) atoms. The van der Waals surface area contributed by atoms with Crippen molar-refractivity contribution in [2.45, 2.75) is 18.8 Å². The SMILES string of the molecule is NC(Cn1cccn1)c1cccc(C(F)(F)F)c1. The predicted octanol–water partition coefficient (Wildman–Crippen LogP) is 2.60. The van der Waals surface area contributed by atoms with Crippen LogP contribution in [-0.4, -0.2) is 9.78 Å². The second-order valence-corrected chi connectivity index (χ2v) is 3.96. The number of hydrogen-bond donors (Lipinski definition) is 1. The van der Waals surface area contributed by atoms with E-state index in [0.29, 0.717) is 12.1 Å². The minimum absolute atomic E-state index is 0.342. The van der Waals surface area contributed by atoms with E-state index in [1.54, 1.807) is 29.2 Å². The van der Waals surface area contributed by atoms with E-state index in [4.69, 9.17) is 5.73 Å². The van der Waals surface area contributed by atoms with Crippen LogP contribution in [0.4, 0.5) is 13.2 Å². The fourth-order valence-electron chi connectivity index (χ4n) is 1.66. The van der Waals surface area contributed by atoms with Crippen LogP contribution in [0.15, 0.2) is 42.7 Å². The third-order valence-electron chi connectivity index (χ3n) is 2.59. The van der Waals surface area contributed by atoms with E-state index < -0.39 is 17.8 Å². The van der Waals surface area contributed by atoms with Crippen LogP contribution in [0.3, 0.4) is 0 Å². The molecule has 0 spiro atoms. The van der Waals surface area contributed by atoms with Crippen LogP contribution in [0.5, 0.6) is 0 Å². The maximum atomic E-state index is 12.6. The van der Waals surface area contributed by atoms with E-state index in [2.05, 4.69) is 5.10 Å². The molecule has 2 N–H and O–H groups in total. The molecule has 1 aromatic carbocycles. The molecular weight excluding hydrogens is 243 g/mol. The Bertz CT molecular complexity index is 506. The summed E-state index contributed by atoms with van der Waals surface area (Å²) in [5, 5.41) is 3.97. The van der Waals surface area contributed by atoms with Crippen molar-refractivity contribution in [3.05, 3.63) is 53.9 Å². The Balaban J connectivity index is 2.18. The first-order valence-corrected chi connectivity index (χ1v) is 5.37. The molecule has 1 unspecified atom stereocenters. The van der Waals surface area contributed by atoms with E-state index in [1.165, 1.54) is 6.07 Å². The fourth-order valence-corrected chi connectivity index (χ4v) is 1.66. The molecule has 1 atom stereocenters. The molecule has 0 bridgehead atoms. The van der Waals surface area contributed by atoms with Crippen molar-refractivity contribution >= 4 is 0 Å². The third kappa shape index (κ3) is 2.89. The summed E-state index contributed by atoms with van der Waals surface area (Å²) in [6, 6.07) is 6.27. The van der Waals surface area contributed by atoms with Gasteiger partial charge >= 0.3 is 6.18 Å². The number of halogens is 3. The first kappa shape index (κ1) is 12.6. The van der Waals surface area contributed by atoms with Gasteiger partial charge in [0.05, 0.1) is 12.1 Å². The summed E-state index contributed by atoms with van der Waals surface area (Å²) < 4.78 is 39.2. The van der Waals surface area contributed by atoms with Gasteiger partial charge in [-0.15, -0.1) is 0 Å². The topological polar surface area (TPSA) is 43.8 Å². The van der Waals surface area contributed by atoms with Gasteiger partial charge < -0.3 is 5.73 Å². The van der Waals surface area contributed by atoms with Crippen molar-refractivity contribution in [2.75, 3.05) is 0 Å². The molecule has 0 saturated heterocycles. The summed E-state index contributed by atoms with van der Waals surface area (Å²) in [6.07, 6.45) is -1.03. The van der Waals surface area contributed by atoms with Gasteiger partial charge in [0.15, 0.2) is 0 Å². The highest BCUT2D eigenvalue weighted by Crippen LogP contribution is 2.30. The van der Waals surface area contributed by atoms with Gasteiger partial charge in [0.1, 0.15) is 0 Å². The largest absolute Gasteiger partial charge is 0.416 e. The van der Waals surface area contributed by atoms with Crippen molar-refractivity contribution in [1.29, 1.82) is 0 Å². The zero-order valence-electron chi connectivity index (χ0n) is 9.43. The van der Waals surface area contributed by atoms with Gasteiger partial charge in [0.2, 0.25) is 0 Å². The number of hydrogen-bond acceptors (Lipinski definition) is 2. The van der Waals surface area contributed by atoms with Crippen LogP contribution in [-0.2, 0) is 12.7 Å². The van der Waals surface area contributed by atoms with E-state index >= 15 is 0 Å². The van der Waals surface area contributed by atoms with Gasteiger partial charge in [-0.1, -0.05) is 12.1 Å². The number of rotatable bonds is 3. The summed E-state index contributed by atoms with van der Waals surface area (Å²) in [5.41, 5.74) is 5.63. The molecule has 1 aromatic heterocycles. The number of aromatic nitrogens is 2. The second-order valence-electron chi connectivity index (χ2n) is 3.96. The van der Waals surface area contributed by atoms with Crippen LogP contribution >= 0.6 is 0 Å². The Labute approximate surface area is 102 Å². The van der Waals surface area contributed by atoms with E-state index in [0.717, 1.165) is 12.1 Å². The normalized spacial score (nSPS) is 13.6. The zero-order chi connectivity index (χ0) is 13.2. The van der Waals surface area contributed by atoms with Crippen molar-refractivity contribution in [2.24, 2.45) is 5.73 Å². The van der Waals surface area contributed by atoms with Gasteiger partial charge in [-0.2, -0.15) is 18.3 Å². The highest BCUT2D eigenvalue weighted by atomic mass is 19.4. The molecule has 0 aliphatic rings. The fraction of sp³-hybridized carbons (Fsp3) is 0.250. The van der Waals surface area contributed by atoms with Crippen molar-refractivity contribution in [1.82, 2.24) is 9.78 Å². The van der Waals surface area contributed by atoms with Gasteiger partial charge in [-0.3, -0.25) is 4.68 Å². The monoisotopic (exact) mass is 255 g/mol. The average molecular weight is 255 g/mol. The van der Waals surface area contributed by atoms with E-state index in [1.807, 2.05) is 0 Å². The Morgan fingerprint density at radius 2 is 2.06 bits per heavy atom. The molecule has 0 aliphatic carbocycles. The van der Waals surface area contributed by atoms with Crippen LogP contribution in [0.2, 0.25) is 0 Å². The van der Waals surface area contributed by atoms with E-state index in [9.17, 15) is 13.2 Å². The summed E-state index contributed by atoms with van der Waals surface area (Å²) in [4.78, 5) is 0. The highest BCUT2D eigenvalue weighted by Gasteiger charge is 2.30. The Hall–Kier alpha value is -1.82. The molecule has 1 heterocycles. The molecule has 96 valence electrons. The summed E-state index contributed by atoms with van der Waals surface area (Å²) in [6.45, 7) is 0.342. The zero-order valence-corrected chi connectivity index (χ0v) is 9.43. The van der Waals surface area contributed by atoms with Crippen LogP contribution in [0, 0.1) is 0 Å². The predicted molar refractivity (Wildman–Crippen MR) is 60.6 cm³/mol. The lowest BCUT2D eigenvalue weighted by Gasteiger charge is -2.14. The van der Waals surface area contributed by atoms with Crippen LogP contribution in [0.1, 0.15) is 17.2 Å². The first-order valence-electron chi connectivity index (χ1n) is 5.37. The van der Waals surface area contributed by atoms with Crippen LogP contribution in [0.25, 0.3) is 0 Å². The maximum Gasteiger partial charge on any atom is 0.416 e. The van der Waals surface area contributed by atoms with Gasteiger partial charge in [-0.05, 0) is 23.8 Å². The average Bonchev–Trinajstić information content (AvgIpc) is 2.81. The lowest BCUT2D eigenvalue weighted by atomic mass is 10.0. The number of benzene rings is 1. The molecule has 3 nitrogen and oxygen atoms in total. The molecule has 0 aliphatic heterocycles. The molecule has 0 radical (unpaired) electrons. The standard InChI is InChI=1S/C12H12F3N3/c13-12(14,15)10-4-1-3-9(7-10)11(16)8-18-6-2-5-17-18/h1-7,11H,8,16H2. The van der Waals surface area contributed by atoms with Gasteiger partial charge in [0.25, 0.3) is 0 Å². The lowest BCUT2D eigenvalue weighted by Crippen LogP contribution is -2.18. The molecule has 0 saturated carbocycles. The molecule has 0 amide bonds. The quantitative estimate of drug-likeness (QED) is 0.916. The smallest absolute Gasteiger partial charge is 0.322 e. The summed E-state index contributed by atoms with van der Waals surface area (Å²) in [7, 11) is 0. The maximum absolute atomic E-state index is 12.6. The Morgan fingerprint density at radius 3 is 2.67 bits per heavy atom. The summed E-state index contributed by atoms with van der Waals surface area (Å²) >= 11 is 0. The number of nitrogens with two attached hydrogens (primary N) is 1. The van der Waals surface area contributed by atoms with Crippen molar-refractivity contribution < 1.29 is 13.2 Å². The number of alkyl halides is 3. The third-order valence-corrected chi connectivity index (χ3v) is 2.59. The first-order chi connectivity index (χ1) is 8.47. The minimum atomic E-state index is -4.35. The second kappa shape index (κ2) is 4.81.